The van der Waals surface area contributed by atoms with E-state index in [4.69, 9.17) is 15.3 Å². The van der Waals surface area contributed by atoms with Gasteiger partial charge in [0.1, 0.15) is 12.1 Å². The Balaban J connectivity index is 1.80. The van der Waals surface area contributed by atoms with E-state index in [-0.39, 0.29) is 6.04 Å². The van der Waals surface area contributed by atoms with Gasteiger partial charge in [-0.3, -0.25) is 5.84 Å². The van der Waals surface area contributed by atoms with Crippen LogP contribution < -0.4 is 20.7 Å². The number of hydrogen-bond acceptors (Lipinski definition) is 6. The van der Waals surface area contributed by atoms with Crippen molar-refractivity contribution >= 4 is 0 Å². The Labute approximate surface area is 123 Å². The third-order valence-electron chi connectivity index (χ3n) is 3.38. The summed E-state index contributed by atoms with van der Waals surface area (Å²) >= 11 is 0. The first-order valence-electron chi connectivity index (χ1n) is 6.89. The largest absolute Gasteiger partial charge is 0.490 e. The van der Waals surface area contributed by atoms with Crippen LogP contribution in [-0.4, -0.2) is 23.2 Å². The fourth-order valence-corrected chi connectivity index (χ4v) is 2.09. The summed E-state index contributed by atoms with van der Waals surface area (Å²) in [6, 6.07) is 9.41. The maximum atomic E-state index is 5.74. The van der Waals surface area contributed by atoms with Crippen molar-refractivity contribution in [2.24, 2.45) is 5.84 Å². The summed E-state index contributed by atoms with van der Waals surface area (Å²) < 4.78 is 10.9. The molecule has 1 saturated carbocycles. The summed E-state index contributed by atoms with van der Waals surface area (Å²) in [7, 11) is 1.57. The molecule has 0 amide bonds. The molecule has 6 heteroatoms. The number of hydrazine groups is 1. The maximum Gasteiger partial charge on any atom is 0.216 e. The molecular formula is C15H18N4O2. The zero-order chi connectivity index (χ0) is 14.7. The number of aromatic nitrogens is 2. The highest BCUT2D eigenvalue weighted by molar-refractivity contribution is 5.34. The summed E-state index contributed by atoms with van der Waals surface area (Å²) in [6.07, 6.45) is 4.15. The van der Waals surface area contributed by atoms with E-state index < -0.39 is 0 Å². The lowest BCUT2D eigenvalue weighted by molar-refractivity contribution is 0.303. The van der Waals surface area contributed by atoms with Gasteiger partial charge in [0.15, 0.2) is 0 Å². The molecule has 6 nitrogen and oxygen atoms in total. The Hall–Kier alpha value is -2.18. The number of nitrogens with zero attached hydrogens (tertiary/aromatic N) is 2. The van der Waals surface area contributed by atoms with Crippen molar-refractivity contribution in [3.8, 4) is 11.6 Å². The molecule has 1 aliphatic rings. The van der Waals surface area contributed by atoms with E-state index in [2.05, 4.69) is 15.4 Å². The van der Waals surface area contributed by atoms with Gasteiger partial charge in [-0.1, -0.05) is 12.1 Å². The van der Waals surface area contributed by atoms with Crippen LogP contribution in [-0.2, 0) is 0 Å². The molecule has 0 radical (unpaired) electrons. The van der Waals surface area contributed by atoms with E-state index in [0.29, 0.717) is 12.0 Å². The van der Waals surface area contributed by atoms with Gasteiger partial charge < -0.3 is 9.47 Å². The molecule has 1 atom stereocenters. The number of ether oxygens (including phenoxy) is 2. The first-order chi connectivity index (χ1) is 10.3. The second kappa shape index (κ2) is 6.07. The van der Waals surface area contributed by atoms with Gasteiger partial charge in [0.05, 0.1) is 24.9 Å². The minimum absolute atomic E-state index is 0.225. The van der Waals surface area contributed by atoms with Gasteiger partial charge in [-0.05, 0) is 30.5 Å². The van der Waals surface area contributed by atoms with Gasteiger partial charge in [-0.2, -0.15) is 0 Å². The number of hydrogen-bond donors (Lipinski definition) is 2. The molecule has 2 aromatic rings. The van der Waals surface area contributed by atoms with Crippen LogP contribution in [0.1, 0.15) is 30.1 Å². The molecule has 0 aliphatic heterocycles. The zero-order valence-corrected chi connectivity index (χ0v) is 11.8. The third kappa shape index (κ3) is 3.29. The normalized spacial score (nSPS) is 15.5. The summed E-state index contributed by atoms with van der Waals surface area (Å²) in [6.45, 7) is 0. The average Bonchev–Trinajstić information content (AvgIpc) is 3.34. The summed E-state index contributed by atoms with van der Waals surface area (Å²) in [5, 5.41) is 0. The summed E-state index contributed by atoms with van der Waals surface area (Å²) in [5.41, 5.74) is 4.52. The molecule has 1 aliphatic carbocycles. The molecule has 1 fully saturated rings. The lowest BCUT2D eigenvalue weighted by Crippen LogP contribution is -2.29. The second-order valence-corrected chi connectivity index (χ2v) is 4.97. The van der Waals surface area contributed by atoms with Crippen molar-refractivity contribution in [3.63, 3.8) is 0 Å². The van der Waals surface area contributed by atoms with Gasteiger partial charge in [-0.15, -0.1) is 0 Å². The Morgan fingerprint density at radius 2 is 2.00 bits per heavy atom. The quantitative estimate of drug-likeness (QED) is 0.620. The van der Waals surface area contributed by atoms with Crippen molar-refractivity contribution in [1.82, 2.24) is 15.4 Å². The van der Waals surface area contributed by atoms with Crippen LogP contribution in [0, 0.1) is 0 Å². The highest BCUT2D eigenvalue weighted by Gasteiger charge is 2.23. The van der Waals surface area contributed by atoms with E-state index in [1.807, 2.05) is 24.3 Å². The average molecular weight is 286 g/mol. The van der Waals surface area contributed by atoms with Gasteiger partial charge >= 0.3 is 0 Å². The predicted octanol–water partition coefficient (Wildman–Crippen LogP) is 1.58. The number of nitrogens with one attached hydrogen (secondary N) is 1. The SMILES string of the molecule is COc1cc(C(NN)c2ccc(OC3CC3)cc2)ncn1. The van der Waals surface area contributed by atoms with Crippen LogP contribution in [0.25, 0.3) is 0 Å². The molecule has 0 bridgehead atoms. The van der Waals surface area contributed by atoms with E-state index >= 15 is 0 Å². The van der Waals surface area contributed by atoms with Crippen molar-refractivity contribution < 1.29 is 9.47 Å². The van der Waals surface area contributed by atoms with Crippen LogP contribution >= 0.6 is 0 Å². The molecule has 1 heterocycles. The second-order valence-electron chi connectivity index (χ2n) is 4.97. The van der Waals surface area contributed by atoms with Crippen molar-refractivity contribution in [3.05, 3.63) is 47.9 Å². The number of benzene rings is 1. The third-order valence-corrected chi connectivity index (χ3v) is 3.38. The number of methoxy groups -OCH3 is 1. The van der Waals surface area contributed by atoms with Gasteiger partial charge in [0.25, 0.3) is 0 Å². The maximum absolute atomic E-state index is 5.74. The lowest BCUT2D eigenvalue weighted by Gasteiger charge is -2.16. The molecule has 110 valence electrons. The fraction of sp³-hybridized carbons (Fsp3) is 0.333. The smallest absolute Gasteiger partial charge is 0.216 e. The zero-order valence-electron chi connectivity index (χ0n) is 11.8. The minimum Gasteiger partial charge on any atom is -0.490 e. The van der Waals surface area contributed by atoms with E-state index in [9.17, 15) is 0 Å². The van der Waals surface area contributed by atoms with Crippen LogP contribution in [0.5, 0.6) is 11.6 Å². The molecule has 3 rings (SSSR count). The molecular weight excluding hydrogens is 268 g/mol. The van der Waals surface area contributed by atoms with Crippen molar-refractivity contribution in [2.45, 2.75) is 25.0 Å². The van der Waals surface area contributed by atoms with Crippen LogP contribution in [0.2, 0.25) is 0 Å². The topological polar surface area (TPSA) is 82.3 Å². The Morgan fingerprint density at radius 3 is 2.62 bits per heavy atom. The minimum atomic E-state index is -0.225. The number of nitrogens with two attached hydrogens (primary N) is 1. The summed E-state index contributed by atoms with van der Waals surface area (Å²) in [5.74, 6) is 7.07. The predicted molar refractivity (Wildman–Crippen MR) is 77.8 cm³/mol. The van der Waals surface area contributed by atoms with Crippen molar-refractivity contribution in [1.29, 1.82) is 0 Å². The van der Waals surface area contributed by atoms with Crippen molar-refractivity contribution in [2.75, 3.05) is 7.11 Å². The van der Waals surface area contributed by atoms with Gasteiger partial charge in [0, 0.05) is 6.07 Å². The van der Waals surface area contributed by atoms with E-state index in [1.165, 1.54) is 6.33 Å². The standard InChI is InChI=1S/C15H18N4O2/c1-20-14-8-13(17-9-18-14)15(19-16)10-2-4-11(5-3-10)21-12-6-7-12/h2-5,8-9,12,15,19H,6-7,16H2,1H3. The first-order valence-corrected chi connectivity index (χ1v) is 6.89. The first kappa shape index (κ1) is 13.8. The van der Waals surface area contributed by atoms with E-state index in [1.54, 1.807) is 13.2 Å². The fourth-order valence-electron chi connectivity index (χ4n) is 2.09. The van der Waals surface area contributed by atoms with Crippen LogP contribution in [0.4, 0.5) is 0 Å². The molecule has 0 saturated heterocycles. The molecule has 21 heavy (non-hydrogen) atoms. The molecule has 1 aromatic heterocycles. The van der Waals surface area contributed by atoms with E-state index in [0.717, 1.165) is 29.8 Å². The van der Waals surface area contributed by atoms with Crippen LogP contribution in [0.15, 0.2) is 36.7 Å². The Kier molecular flexibility index (Phi) is 3.98. The Morgan fingerprint density at radius 1 is 1.24 bits per heavy atom. The molecule has 3 N–H and O–H groups in total. The molecule has 1 unspecified atom stereocenters. The molecule has 0 spiro atoms. The van der Waals surface area contributed by atoms with Gasteiger partial charge in [-0.25, -0.2) is 15.4 Å². The lowest BCUT2D eigenvalue weighted by atomic mass is 10.0. The Bertz CT molecular complexity index is 599. The number of rotatable bonds is 6. The highest BCUT2D eigenvalue weighted by Crippen LogP contribution is 2.28. The highest BCUT2D eigenvalue weighted by atomic mass is 16.5. The monoisotopic (exact) mass is 286 g/mol. The molecule has 1 aromatic carbocycles. The van der Waals surface area contributed by atoms with Gasteiger partial charge in [0.2, 0.25) is 5.88 Å². The summed E-state index contributed by atoms with van der Waals surface area (Å²) in [4.78, 5) is 8.25. The van der Waals surface area contributed by atoms with Crippen LogP contribution in [0.3, 0.4) is 0 Å².